The first-order valence-corrected chi connectivity index (χ1v) is 8.61. The molecular formula is C18H25F3N2. The van der Waals surface area contributed by atoms with E-state index in [0.29, 0.717) is 19.0 Å². The van der Waals surface area contributed by atoms with E-state index in [2.05, 4.69) is 28.4 Å². The van der Waals surface area contributed by atoms with Crippen molar-refractivity contribution >= 4 is 0 Å². The van der Waals surface area contributed by atoms with Gasteiger partial charge in [0.05, 0.1) is 5.92 Å². The van der Waals surface area contributed by atoms with Crippen LogP contribution in [0.3, 0.4) is 0 Å². The second-order valence-corrected chi connectivity index (χ2v) is 6.82. The molecule has 0 unspecified atom stereocenters. The molecule has 0 bridgehead atoms. The number of halogens is 3. The van der Waals surface area contributed by atoms with Gasteiger partial charge in [0.1, 0.15) is 0 Å². The zero-order chi connectivity index (χ0) is 16.3. The fourth-order valence-electron chi connectivity index (χ4n) is 3.87. The van der Waals surface area contributed by atoms with Crippen molar-refractivity contribution < 1.29 is 13.2 Å². The van der Waals surface area contributed by atoms with Crippen LogP contribution in [0, 0.1) is 5.92 Å². The Morgan fingerprint density at radius 2 is 1.65 bits per heavy atom. The van der Waals surface area contributed by atoms with Gasteiger partial charge in [-0.05, 0) is 68.9 Å². The SMILES string of the molecule is FC(F)(F)C1CCN(Cc2ccccc2C2CCNCC2)CC1. The maximum atomic E-state index is 12.8. The van der Waals surface area contributed by atoms with E-state index in [1.807, 2.05) is 6.07 Å². The van der Waals surface area contributed by atoms with Crippen LogP contribution in [0.1, 0.15) is 42.7 Å². The largest absolute Gasteiger partial charge is 0.391 e. The predicted octanol–water partition coefficient (Wildman–Crippen LogP) is 3.93. The first kappa shape index (κ1) is 16.8. The monoisotopic (exact) mass is 326 g/mol. The van der Waals surface area contributed by atoms with Crippen molar-refractivity contribution in [2.45, 2.75) is 44.3 Å². The standard InChI is InChI=1S/C18H25F3N2/c19-18(20,21)16-7-11-23(12-8-16)13-15-3-1-2-4-17(15)14-5-9-22-10-6-14/h1-4,14,16,22H,5-13H2. The van der Waals surface area contributed by atoms with E-state index in [9.17, 15) is 13.2 Å². The molecule has 0 amide bonds. The molecule has 3 rings (SSSR count). The van der Waals surface area contributed by atoms with Gasteiger partial charge in [-0.1, -0.05) is 24.3 Å². The molecule has 2 nitrogen and oxygen atoms in total. The Balaban J connectivity index is 1.63. The lowest BCUT2D eigenvalue weighted by molar-refractivity contribution is -0.185. The fraction of sp³-hybridized carbons (Fsp3) is 0.667. The van der Waals surface area contributed by atoms with Gasteiger partial charge in [-0.2, -0.15) is 13.2 Å². The molecule has 23 heavy (non-hydrogen) atoms. The van der Waals surface area contributed by atoms with Gasteiger partial charge in [0.15, 0.2) is 0 Å². The fourth-order valence-corrected chi connectivity index (χ4v) is 3.87. The summed E-state index contributed by atoms with van der Waals surface area (Å²) in [5.74, 6) is -0.529. The van der Waals surface area contributed by atoms with Crippen LogP contribution in [-0.2, 0) is 6.54 Å². The highest BCUT2D eigenvalue weighted by Gasteiger charge is 2.41. The van der Waals surface area contributed by atoms with E-state index in [1.54, 1.807) is 0 Å². The molecular weight excluding hydrogens is 301 g/mol. The van der Waals surface area contributed by atoms with E-state index in [1.165, 1.54) is 11.1 Å². The Bertz CT molecular complexity index is 501. The lowest BCUT2D eigenvalue weighted by Crippen LogP contribution is -2.38. The minimum Gasteiger partial charge on any atom is -0.317 e. The lowest BCUT2D eigenvalue weighted by Gasteiger charge is -2.34. The molecule has 128 valence electrons. The van der Waals surface area contributed by atoms with Crippen LogP contribution < -0.4 is 5.32 Å². The summed E-state index contributed by atoms with van der Waals surface area (Å²) < 4.78 is 38.3. The summed E-state index contributed by atoms with van der Waals surface area (Å²) in [4.78, 5) is 2.18. The second kappa shape index (κ2) is 7.22. The first-order valence-electron chi connectivity index (χ1n) is 8.61. The molecule has 5 heteroatoms. The number of hydrogen-bond acceptors (Lipinski definition) is 2. The smallest absolute Gasteiger partial charge is 0.317 e. The average Bonchev–Trinajstić information content (AvgIpc) is 2.56. The summed E-state index contributed by atoms with van der Waals surface area (Å²) >= 11 is 0. The Morgan fingerprint density at radius 3 is 2.30 bits per heavy atom. The Morgan fingerprint density at radius 1 is 1.00 bits per heavy atom. The molecule has 2 aliphatic heterocycles. The molecule has 2 aliphatic rings. The number of nitrogens with zero attached hydrogens (tertiary/aromatic N) is 1. The van der Waals surface area contributed by atoms with Crippen molar-refractivity contribution in [2.75, 3.05) is 26.2 Å². The molecule has 0 aliphatic carbocycles. The third-order valence-corrected chi connectivity index (χ3v) is 5.28. The number of likely N-dealkylation sites (tertiary alicyclic amines) is 1. The zero-order valence-electron chi connectivity index (χ0n) is 13.4. The Kier molecular flexibility index (Phi) is 5.27. The van der Waals surface area contributed by atoms with Crippen molar-refractivity contribution in [1.82, 2.24) is 10.2 Å². The molecule has 1 aromatic rings. The van der Waals surface area contributed by atoms with Gasteiger partial charge >= 0.3 is 6.18 Å². The van der Waals surface area contributed by atoms with Gasteiger partial charge in [-0.15, -0.1) is 0 Å². The molecule has 1 aromatic carbocycles. The van der Waals surface area contributed by atoms with Crippen LogP contribution in [0.25, 0.3) is 0 Å². The third kappa shape index (κ3) is 4.27. The van der Waals surface area contributed by atoms with E-state index in [0.717, 1.165) is 32.5 Å². The summed E-state index contributed by atoms with van der Waals surface area (Å²) in [5.41, 5.74) is 2.69. The number of alkyl halides is 3. The minimum atomic E-state index is -4.03. The number of benzene rings is 1. The summed E-state index contributed by atoms with van der Waals surface area (Å²) in [6, 6.07) is 8.47. The predicted molar refractivity (Wildman–Crippen MR) is 85.3 cm³/mol. The van der Waals surface area contributed by atoms with Gasteiger partial charge in [0.25, 0.3) is 0 Å². The summed E-state index contributed by atoms with van der Waals surface area (Å²) in [7, 11) is 0. The molecule has 0 spiro atoms. The van der Waals surface area contributed by atoms with E-state index < -0.39 is 12.1 Å². The maximum absolute atomic E-state index is 12.8. The summed E-state index contributed by atoms with van der Waals surface area (Å²) in [5, 5.41) is 3.39. The minimum absolute atomic E-state index is 0.235. The molecule has 0 radical (unpaired) electrons. The quantitative estimate of drug-likeness (QED) is 0.905. The third-order valence-electron chi connectivity index (χ3n) is 5.28. The zero-order valence-corrected chi connectivity index (χ0v) is 13.4. The topological polar surface area (TPSA) is 15.3 Å². The highest BCUT2D eigenvalue weighted by molar-refractivity contribution is 5.31. The highest BCUT2D eigenvalue weighted by Crippen LogP contribution is 2.35. The number of rotatable bonds is 3. The number of piperidine rings is 2. The molecule has 2 saturated heterocycles. The summed E-state index contributed by atoms with van der Waals surface area (Å²) in [6.07, 6.45) is -1.27. The number of nitrogens with one attached hydrogen (secondary N) is 1. The van der Waals surface area contributed by atoms with Crippen LogP contribution in [0.15, 0.2) is 24.3 Å². The van der Waals surface area contributed by atoms with Crippen molar-refractivity contribution in [3.05, 3.63) is 35.4 Å². The van der Waals surface area contributed by atoms with E-state index in [4.69, 9.17) is 0 Å². The molecule has 0 atom stereocenters. The van der Waals surface area contributed by atoms with Gasteiger partial charge < -0.3 is 5.32 Å². The molecule has 0 aromatic heterocycles. The van der Waals surface area contributed by atoms with Gasteiger partial charge in [-0.25, -0.2) is 0 Å². The van der Waals surface area contributed by atoms with Crippen molar-refractivity contribution in [1.29, 1.82) is 0 Å². The second-order valence-electron chi connectivity index (χ2n) is 6.82. The Hall–Kier alpha value is -1.07. The van der Waals surface area contributed by atoms with Crippen molar-refractivity contribution in [3.63, 3.8) is 0 Å². The Labute approximate surface area is 136 Å². The van der Waals surface area contributed by atoms with Crippen LogP contribution in [-0.4, -0.2) is 37.3 Å². The first-order chi connectivity index (χ1) is 11.0. The van der Waals surface area contributed by atoms with Gasteiger partial charge in [0.2, 0.25) is 0 Å². The molecule has 1 N–H and O–H groups in total. The van der Waals surface area contributed by atoms with Gasteiger partial charge in [-0.3, -0.25) is 4.90 Å². The maximum Gasteiger partial charge on any atom is 0.391 e. The molecule has 0 saturated carbocycles. The lowest BCUT2D eigenvalue weighted by atomic mass is 9.86. The van der Waals surface area contributed by atoms with Crippen LogP contribution in [0.2, 0.25) is 0 Å². The van der Waals surface area contributed by atoms with Crippen molar-refractivity contribution in [3.8, 4) is 0 Å². The van der Waals surface area contributed by atoms with E-state index in [-0.39, 0.29) is 12.8 Å². The van der Waals surface area contributed by atoms with E-state index >= 15 is 0 Å². The average molecular weight is 326 g/mol. The van der Waals surface area contributed by atoms with Crippen LogP contribution in [0.4, 0.5) is 13.2 Å². The molecule has 2 fully saturated rings. The molecule has 2 heterocycles. The van der Waals surface area contributed by atoms with Crippen LogP contribution in [0.5, 0.6) is 0 Å². The van der Waals surface area contributed by atoms with Gasteiger partial charge in [0, 0.05) is 6.54 Å². The number of hydrogen-bond donors (Lipinski definition) is 1. The van der Waals surface area contributed by atoms with Crippen molar-refractivity contribution in [2.24, 2.45) is 5.92 Å². The summed E-state index contributed by atoms with van der Waals surface area (Å²) in [6.45, 7) is 3.98. The highest BCUT2D eigenvalue weighted by atomic mass is 19.4. The van der Waals surface area contributed by atoms with Crippen LogP contribution >= 0.6 is 0 Å². The normalized spacial score (nSPS) is 22.4.